The van der Waals surface area contributed by atoms with Crippen LogP contribution in [0, 0.1) is 46.3 Å². The summed E-state index contributed by atoms with van der Waals surface area (Å²) in [7, 11) is 0. The van der Waals surface area contributed by atoms with Gasteiger partial charge in [0.05, 0.1) is 12.2 Å². The lowest BCUT2D eigenvalue weighted by atomic mass is 9.47. The molecule has 1 spiro atoms. The molecule has 6 rings (SSSR count). The third-order valence-corrected chi connectivity index (χ3v) is 11.6. The molecule has 0 amide bonds. The van der Waals surface area contributed by atoms with Gasteiger partial charge in [0.2, 0.25) is 0 Å². The standard InChI is InChI=1S/C27H43NO2/c1-16-7-12-27(28-15-16)17(2)24-23(30-27)14-22-20-6-5-18-13-19(29)8-10-25(18,3)21(20)9-11-26(22,24)4/h5,16-17,19-24,28-29H,6-15H2,1-4H3/t16?,17?,19?,20?,21?,22?,23?,24?,25-,26-,27?/m0/s1. The van der Waals surface area contributed by atoms with Gasteiger partial charge >= 0.3 is 0 Å². The molecule has 2 saturated heterocycles. The zero-order valence-electron chi connectivity index (χ0n) is 19.6. The summed E-state index contributed by atoms with van der Waals surface area (Å²) in [5, 5.41) is 14.1. The number of allylic oxidation sites excluding steroid dienone is 1. The van der Waals surface area contributed by atoms with Crippen molar-refractivity contribution in [2.45, 2.75) is 103 Å². The Morgan fingerprint density at radius 2 is 1.90 bits per heavy atom. The quantitative estimate of drug-likeness (QED) is 0.530. The maximum atomic E-state index is 10.3. The van der Waals surface area contributed by atoms with Crippen LogP contribution < -0.4 is 5.32 Å². The molecule has 9 unspecified atom stereocenters. The zero-order chi connectivity index (χ0) is 20.9. The smallest absolute Gasteiger partial charge is 0.122 e. The van der Waals surface area contributed by atoms with Crippen LogP contribution in [0.3, 0.4) is 0 Å². The highest BCUT2D eigenvalue weighted by molar-refractivity contribution is 5.26. The van der Waals surface area contributed by atoms with E-state index in [-0.39, 0.29) is 11.8 Å². The third kappa shape index (κ3) is 2.55. The van der Waals surface area contributed by atoms with Crippen LogP contribution in [0.5, 0.6) is 0 Å². The fourth-order valence-corrected chi connectivity index (χ4v) is 9.84. The van der Waals surface area contributed by atoms with Crippen molar-refractivity contribution in [1.82, 2.24) is 5.32 Å². The molecule has 6 aliphatic rings. The van der Waals surface area contributed by atoms with Crippen LogP contribution in [0.25, 0.3) is 0 Å². The van der Waals surface area contributed by atoms with E-state index in [1.165, 1.54) is 44.9 Å². The number of fused-ring (bicyclic) bond motifs is 7. The number of hydrogen-bond donors (Lipinski definition) is 2. The van der Waals surface area contributed by atoms with Gasteiger partial charge in [-0.1, -0.05) is 39.3 Å². The van der Waals surface area contributed by atoms with E-state index in [1.54, 1.807) is 5.57 Å². The van der Waals surface area contributed by atoms with E-state index in [9.17, 15) is 5.11 Å². The Hall–Kier alpha value is -0.380. The molecule has 2 heterocycles. The average molecular weight is 414 g/mol. The molecule has 0 bridgehead atoms. The van der Waals surface area contributed by atoms with Gasteiger partial charge in [0.15, 0.2) is 0 Å². The molecule has 11 atom stereocenters. The molecule has 0 aromatic heterocycles. The molecule has 0 radical (unpaired) electrons. The molecule has 3 saturated carbocycles. The molecule has 168 valence electrons. The summed E-state index contributed by atoms with van der Waals surface area (Å²) < 4.78 is 7.00. The molecule has 5 fully saturated rings. The van der Waals surface area contributed by atoms with Crippen molar-refractivity contribution in [2.24, 2.45) is 46.3 Å². The van der Waals surface area contributed by atoms with E-state index in [4.69, 9.17) is 4.74 Å². The van der Waals surface area contributed by atoms with Gasteiger partial charge in [-0.25, -0.2) is 0 Å². The highest BCUT2D eigenvalue weighted by atomic mass is 16.5. The molecule has 3 heteroatoms. The summed E-state index contributed by atoms with van der Waals surface area (Å²) >= 11 is 0. The van der Waals surface area contributed by atoms with E-state index < -0.39 is 0 Å². The lowest BCUT2D eigenvalue weighted by Gasteiger charge is -2.58. The minimum absolute atomic E-state index is 0.0439. The summed E-state index contributed by atoms with van der Waals surface area (Å²) in [6.07, 6.45) is 13.8. The van der Waals surface area contributed by atoms with E-state index in [0.717, 1.165) is 49.0 Å². The van der Waals surface area contributed by atoms with Crippen molar-refractivity contribution in [1.29, 1.82) is 0 Å². The molecular formula is C27H43NO2. The van der Waals surface area contributed by atoms with Crippen molar-refractivity contribution in [3.05, 3.63) is 11.6 Å². The summed E-state index contributed by atoms with van der Waals surface area (Å²) in [6, 6.07) is 0. The van der Waals surface area contributed by atoms with Gasteiger partial charge in [0.1, 0.15) is 5.72 Å². The van der Waals surface area contributed by atoms with Crippen molar-refractivity contribution >= 4 is 0 Å². The van der Waals surface area contributed by atoms with Gasteiger partial charge in [0, 0.05) is 12.5 Å². The fourth-order valence-electron chi connectivity index (χ4n) is 9.84. The Morgan fingerprint density at radius 3 is 2.67 bits per heavy atom. The highest BCUT2D eigenvalue weighted by Gasteiger charge is 2.68. The second-order valence-electron chi connectivity index (χ2n) is 12.8. The molecule has 0 aromatic carbocycles. The number of rotatable bonds is 0. The highest BCUT2D eigenvalue weighted by Crippen LogP contribution is 2.70. The number of ether oxygens (including phenoxy) is 1. The first-order chi connectivity index (χ1) is 14.3. The summed E-state index contributed by atoms with van der Waals surface area (Å²) in [5.41, 5.74) is 2.33. The lowest BCUT2D eigenvalue weighted by molar-refractivity contribution is -0.115. The van der Waals surface area contributed by atoms with Crippen LogP contribution in [0.2, 0.25) is 0 Å². The second kappa shape index (κ2) is 6.58. The van der Waals surface area contributed by atoms with Crippen molar-refractivity contribution in [3.8, 4) is 0 Å². The SMILES string of the molecule is CC1CCC2(NC1)OC1CC3C4CC=C5CC(O)CC[C@]5(C)C4CC[C@]3(C)C1C2C. The maximum Gasteiger partial charge on any atom is 0.122 e. The van der Waals surface area contributed by atoms with Crippen molar-refractivity contribution < 1.29 is 9.84 Å². The molecule has 2 N–H and O–H groups in total. The monoisotopic (exact) mass is 413 g/mol. The molecule has 30 heavy (non-hydrogen) atoms. The minimum atomic E-state index is -0.100. The Morgan fingerprint density at radius 1 is 1.07 bits per heavy atom. The minimum Gasteiger partial charge on any atom is -0.393 e. The summed E-state index contributed by atoms with van der Waals surface area (Å²) in [6.45, 7) is 11.2. The van der Waals surface area contributed by atoms with Gasteiger partial charge in [-0.3, -0.25) is 5.32 Å². The zero-order valence-corrected chi connectivity index (χ0v) is 19.6. The predicted molar refractivity (Wildman–Crippen MR) is 120 cm³/mol. The Balaban J connectivity index is 1.28. The van der Waals surface area contributed by atoms with E-state index in [0.29, 0.717) is 22.9 Å². The first-order valence-electron chi connectivity index (χ1n) is 13.1. The molecule has 3 nitrogen and oxygen atoms in total. The number of aliphatic hydroxyl groups is 1. The van der Waals surface area contributed by atoms with Gasteiger partial charge in [-0.15, -0.1) is 0 Å². The van der Waals surface area contributed by atoms with Crippen LogP contribution in [-0.4, -0.2) is 29.6 Å². The van der Waals surface area contributed by atoms with Crippen LogP contribution in [0.1, 0.15) is 85.5 Å². The van der Waals surface area contributed by atoms with Gasteiger partial charge in [-0.2, -0.15) is 0 Å². The van der Waals surface area contributed by atoms with Gasteiger partial charge in [-0.05, 0) is 98.2 Å². The molecular weight excluding hydrogens is 370 g/mol. The van der Waals surface area contributed by atoms with Crippen molar-refractivity contribution in [3.63, 3.8) is 0 Å². The number of aliphatic hydroxyl groups excluding tert-OH is 1. The predicted octanol–water partition coefficient (Wildman–Crippen LogP) is 5.29. The third-order valence-electron chi connectivity index (χ3n) is 11.6. The van der Waals surface area contributed by atoms with Crippen LogP contribution in [0.4, 0.5) is 0 Å². The normalized spacial score (nSPS) is 59.8. The van der Waals surface area contributed by atoms with E-state index in [2.05, 4.69) is 39.1 Å². The van der Waals surface area contributed by atoms with Crippen LogP contribution >= 0.6 is 0 Å². The molecule has 2 aliphatic heterocycles. The number of piperidine rings is 1. The second-order valence-corrected chi connectivity index (χ2v) is 12.8. The Kier molecular flexibility index (Phi) is 4.44. The maximum absolute atomic E-state index is 10.3. The fraction of sp³-hybridized carbons (Fsp3) is 0.926. The summed E-state index contributed by atoms with van der Waals surface area (Å²) in [5.74, 6) is 4.58. The van der Waals surface area contributed by atoms with E-state index >= 15 is 0 Å². The summed E-state index contributed by atoms with van der Waals surface area (Å²) in [4.78, 5) is 0. The molecule has 4 aliphatic carbocycles. The number of nitrogens with one attached hydrogen (secondary N) is 1. The van der Waals surface area contributed by atoms with Crippen molar-refractivity contribution in [2.75, 3.05) is 6.54 Å². The average Bonchev–Trinajstić information content (AvgIpc) is 3.16. The van der Waals surface area contributed by atoms with E-state index in [1.807, 2.05) is 0 Å². The largest absolute Gasteiger partial charge is 0.393 e. The first-order valence-corrected chi connectivity index (χ1v) is 13.1. The number of hydrogen-bond acceptors (Lipinski definition) is 3. The van der Waals surface area contributed by atoms with Gasteiger partial charge < -0.3 is 9.84 Å². The topological polar surface area (TPSA) is 41.5 Å². The Bertz CT molecular complexity index is 739. The van der Waals surface area contributed by atoms with Crippen LogP contribution in [-0.2, 0) is 4.74 Å². The first kappa shape index (κ1) is 20.2. The lowest BCUT2D eigenvalue weighted by Crippen LogP contribution is -2.57. The van der Waals surface area contributed by atoms with Crippen LogP contribution in [0.15, 0.2) is 11.6 Å². The Labute approximate surface area is 183 Å². The molecule has 0 aromatic rings. The van der Waals surface area contributed by atoms with Gasteiger partial charge in [0.25, 0.3) is 0 Å².